The summed E-state index contributed by atoms with van der Waals surface area (Å²) in [6, 6.07) is 8.90. The van der Waals surface area contributed by atoms with Gasteiger partial charge in [0.1, 0.15) is 17.5 Å². The molecule has 9 heteroatoms. The van der Waals surface area contributed by atoms with Crippen molar-refractivity contribution >= 4 is 44.8 Å². The molecule has 4 bridgehead atoms. The maximum Gasteiger partial charge on any atom is 0.224 e. The number of aliphatic hydroxyl groups excluding tert-OH is 1. The van der Waals surface area contributed by atoms with Gasteiger partial charge in [0.15, 0.2) is 0 Å². The average Bonchev–Trinajstić information content (AvgIpc) is 3.37. The second-order valence-electron chi connectivity index (χ2n) is 13.3. The molecule has 0 radical (unpaired) electrons. The summed E-state index contributed by atoms with van der Waals surface area (Å²) in [6.07, 6.45) is 12.3. The second-order valence-corrected chi connectivity index (χ2v) is 14.6. The first-order valence-electron chi connectivity index (χ1n) is 15.3. The van der Waals surface area contributed by atoms with E-state index in [4.69, 9.17) is 16.6 Å². The van der Waals surface area contributed by atoms with Crippen molar-refractivity contribution in [2.45, 2.75) is 76.5 Å². The van der Waals surface area contributed by atoms with Gasteiger partial charge < -0.3 is 21.1 Å². The molecular formula is C32H39ClN6OS. The van der Waals surface area contributed by atoms with Gasteiger partial charge in [0.2, 0.25) is 5.95 Å². The largest absolute Gasteiger partial charge is 0.393 e. The van der Waals surface area contributed by atoms with Gasteiger partial charge in [-0.3, -0.25) is 0 Å². The number of nitrogens with zero attached hydrogens (tertiary/aromatic N) is 3. The number of nitriles is 1. The van der Waals surface area contributed by atoms with Gasteiger partial charge in [0, 0.05) is 28.9 Å². The maximum absolute atomic E-state index is 9.87. The third kappa shape index (κ3) is 5.67. The van der Waals surface area contributed by atoms with E-state index in [0.717, 1.165) is 72.5 Å². The highest BCUT2D eigenvalue weighted by atomic mass is 35.5. The number of aromatic nitrogens is 2. The van der Waals surface area contributed by atoms with Crippen LogP contribution in [0.2, 0.25) is 5.02 Å². The quantitative estimate of drug-likeness (QED) is 0.223. The number of aliphatic hydroxyl groups is 1. The molecule has 1 aromatic carbocycles. The van der Waals surface area contributed by atoms with E-state index < -0.39 is 0 Å². The Labute approximate surface area is 251 Å². The van der Waals surface area contributed by atoms with Gasteiger partial charge in [-0.1, -0.05) is 11.6 Å². The molecule has 0 saturated heterocycles. The van der Waals surface area contributed by atoms with Crippen LogP contribution in [-0.4, -0.2) is 40.3 Å². The van der Waals surface area contributed by atoms with Crippen molar-refractivity contribution in [2.75, 3.05) is 23.7 Å². The van der Waals surface area contributed by atoms with Crippen molar-refractivity contribution in [1.82, 2.24) is 15.3 Å². The summed E-state index contributed by atoms with van der Waals surface area (Å²) in [7, 11) is 0. The van der Waals surface area contributed by atoms with E-state index in [2.05, 4.69) is 38.4 Å². The van der Waals surface area contributed by atoms with Crippen molar-refractivity contribution < 1.29 is 5.11 Å². The van der Waals surface area contributed by atoms with Crippen LogP contribution in [0.15, 0.2) is 29.8 Å². The number of nitrogens with one attached hydrogen (secondary N) is 3. The minimum atomic E-state index is -0.0796. The van der Waals surface area contributed by atoms with Crippen molar-refractivity contribution in [1.29, 1.82) is 5.26 Å². The minimum absolute atomic E-state index is 0.0796. The van der Waals surface area contributed by atoms with Crippen LogP contribution in [0.1, 0.15) is 68.9 Å². The number of anilines is 2. The molecule has 3 aromatic rings. The molecule has 1 unspecified atom stereocenters. The monoisotopic (exact) mass is 590 g/mol. The zero-order valence-corrected chi connectivity index (χ0v) is 25.0. The first-order valence-corrected chi connectivity index (χ1v) is 16.5. The molecule has 41 heavy (non-hydrogen) atoms. The molecule has 0 amide bonds. The highest BCUT2D eigenvalue weighted by Gasteiger charge is 2.55. The molecule has 8 rings (SSSR count). The molecular weight excluding hydrogens is 552 g/mol. The minimum Gasteiger partial charge on any atom is -0.393 e. The van der Waals surface area contributed by atoms with Crippen molar-refractivity contribution in [3.63, 3.8) is 0 Å². The van der Waals surface area contributed by atoms with E-state index in [1.54, 1.807) is 17.5 Å². The molecule has 216 valence electrons. The fourth-order valence-electron chi connectivity index (χ4n) is 8.71. The molecule has 5 saturated carbocycles. The zero-order valence-electron chi connectivity index (χ0n) is 23.4. The van der Waals surface area contributed by atoms with Crippen molar-refractivity contribution in [3.05, 3.63) is 45.9 Å². The lowest BCUT2D eigenvalue weighted by Gasteiger charge is -2.60. The molecule has 0 spiro atoms. The summed E-state index contributed by atoms with van der Waals surface area (Å²) in [5.74, 6) is 4.18. The Hall–Kier alpha value is -2.44. The smallest absolute Gasteiger partial charge is 0.224 e. The van der Waals surface area contributed by atoms with Crippen LogP contribution in [0.4, 0.5) is 11.8 Å². The number of hydrogen-bond acceptors (Lipinski definition) is 8. The first kappa shape index (κ1) is 27.4. The van der Waals surface area contributed by atoms with Gasteiger partial charge in [-0.25, -0.2) is 4.98 Å². The molecule has 2 heterocycles. The van der Waals surface area contributed by atoms with E-state index in [-0.39, 0.29) is 11.5 Å². The number of fused-ring (bicyclic) bond motifs is 1. The van der Waals surface area contributed by atoms with Crippen LogP contribution >= 0.6 is 22.9 Å². The Kier molecular flexibility index (Phi) is 7.57. The summed E-state index contributed by atoms with van der Waals surface area (Å²) in [5.41, 5.74) is 1.93. The van der Waals surface area contributed by atoms with Gasteiger partial charge >= 0.3 is 0 Å². The fourth-order valence-corrected chi connectivity index (χ4v) is 9.83. The summed E-state index contributed by atoms with van der Waals surface area (Å²) >= 11 is 7.94. The van der Waals surface area contributed by atoms with Gasteiger partial charge in [0.05, 0.1) is 12.3 Å². The van der Waals surface area contributed by atoms with E-state index in [1.165, 1.54) is 36.8 Å². The van der Waals surface area contributed by atoms with E-state index in [0.29, 0.717) is 35.8 Å². The highest BCUT2D eigenvalue weighted by molar-refractivity contribution is 7.17. The number of benzene rings is 1. The lowest BCUT2D eigenvalue weighted by atomic mass is 9.48. The van der Waals surface area contributed by atoms with Gasteiger partial charge in [0.25, 0.3) is 0 Å². The highest BCUT2D eigenvalue weighted by Crippen LogP contribution is 2.60. The van der Waals surface area contributed by atoms with Gasteiger partial charge in [-0.15, -0.1) is 11.3 Å². The predicted octanol–water partition coefficient (Wildman–Crippen LogP) is 6.58. The van der Waals surface area contributed by atoms with Crippen LogP contribution < -0.4 is 16.0 Å². The average molecular weight is 591 g/mol. The Balaban J connectivity index is 0.992. The SMILES string of the molecule is N#Cc1cnc(NCc2csc3ccc(Cl)cc23)nc1NC[C@]12CC3C[C@H](C1)[C@@H](NC[C@H]1CC[C@H](O)CC1)[C@@H](C3)C2. The predicted molar refractivity (Wildman–Crippen MR) is 165 cm³/mol. The Morgan fingerprint density at radius 1 is 1.10 bits per heavy atom. The van der Waals surface area contributed by atoms with Crippen LogP contribution in [0.3, 0.4) is 0 Å². The Morgan fingerprint density at radius 3 is 2.68 bits per heavy atom. The maximum atomic E-state index is 9.87. The fraction of sp³-hybridized carbons (Fsp3) is 0.594. The van der Waals surface area contributed by atoms with E-state index in [1.807, 2.05) is 12.1 Å². The lowest BCUT2D eigenvalue weighted by molar-refractivity contribution is -0.0704. The Morgan fingerprint density at radius 2 is 1.90 bits per heavy atom. The van der Waals surface area contributed by atoms with Crippen molar-refractivity contribution in [2.24, 2.45) is 29.1 Å². The number of hydrogen-bond donors (Lipinski definition) is 4. The van der Waals surface area contributed by atoms with E-state index >= 15 is 0 Å². The van der Waals surface area contributed by atoms with E-state index in [9.17, 15) is 10.4 Å². The standard InChI is InChI=1S/C32H39ClN6OS/c33-25-3-6-28-27(9-25)24(17-41-28)16-37-31-36-15-23(13-34)30(39-31)38-18-32-10-20-7-21(11-32)29(22(8-20)12-32)35-14-19-1-4-26(40)5-2-19/h3,6,9,15,17,19-22,26,29,35,40H,1-2,4-5,7-8,10-12,14,16,18H2,(H2,36,37,38,39)/t19-,20?,21-,22+,26-,29-,32-. The molecule has 4 N–H and O–H groups in total. The molecule has 5 aliphatic rings. The number of halogens is 1. The van der Waals surface area contributed by atoms with Crippen molar-refractivity contribution in [3.8, 4) is 6.07 Å². The summed E-state index contributed by atoms with van der Waals surface area (Å²) in [5, 5.41) is 34.7. The number of rotatable bonds is 9. The third-order valence-electron chi connectivity index (χ3n) is 10.5. The third-order valence-corrected chi connectivity index (χ3v) is 11.7. The molecule has 0 aliphatic heterocycles. The first-order chi connectivity index (χ1) is 20.0. The molecule has 2 aromatic heterocycles. The normalized spacial score (nSPS) is 32.2. The molecule has 7 nitrogen and oxygen atoms in total. The zero-order chi connectivity index (χ0) is 28.0. The lowest BCUT2D eigenvalue weighted by Crippen LogP contribution is -2.60. The second kappa shape index (κ2) is 11.3. The van der Waals surface area contributed by atoms with Crippen LogP contribution in [0.5, 0.6) is 0 Å². The van der Waals surface area contributed by atoms with Crippen LogP contribution in [0.25, 0.3) is 10.1 Å². The van der Waals surface area contributed by atoms with Crippen LogP contribution in [0, 0.1) is 40.4 Å². The summed E-state index contributed by atoms with van der Waals surface area (Å²) in [6.45, 7) is 2.57. The topological polar surface area (TPSA) is 106 Å². The molecule has 5 fully saturated rings. The number of thiophene rings is 1. The molecule has 5 aliphatic carbocycles. The summed E-state index contributed by atoms with van der Waals surface area (Å²) < 4.78 is 1.20. The summed E-state index contributed by atoms with van der Waals surface area (Å²) in [4.78, 5) is 9.18. The Bertz CT molecular complexity index is 1430. The molecule has 5 atom stereocenters. The van der Waals surface area contributed by atoms with Gasteiger partial charge in [-0.05, 0) is 128 Å². The van der Waals surface area contributed by atoms with Gasteiger partial charge in [-0.2, -0.15) is 10.2 Å². The van der Waals surface area contributed by atoms with Crippen LogP contribution in [-0.2, 0) is 6.54 Å².